The Kier molecular flexibility index (Phi) is 4.94. The van der Waals surface area contributed by atoms with Crippen molar-refractivity contribution in [1.82, 2.24) is 10.3 Å². The van der Waals surface area contributed by atoms with E-state index >= 15 is 0 Å². The molecule has 0 radical (unpaired) electrons. The summed E-state index contributed by atoms with van der Waals surface area (Å²) < 4.78 is 0. The average molecular weight is 197 g/mol. The lowest BCUT2D eigenvalue weighted by Gasteiger charge is -2.30. The van der Waals surface area contributed by atoms with Gasteiger partial charge in [-0.15, -0.1) is 0 Å². The molecule has 1 atom stereocenters. The van der Waals surface area contributed by atoms with E-state index in [1.807, 2.05) is 13.8 Å². The smallest absolute Gasteiger partial charge is 0.0495 e. The van der Waals surface area contributed by atoms with E-state index in [1.165, 1.54) is 12.8 Å². The first-order chi connectivity index (χ1) is 6.86. The molecule has 1 fully saturated rings. The molecule has 0 spiro atoms. The van der Waals surface area contributed by atoms with E-state index < -0.39 is 0 Å². The molecular weight excluding hydrogens is 174 g/mol. The van der Waals surface area contributed by atoms with Gasteiger partial charge in [-0.3, -0.25) is 5.01 Å². The Balaban J connectivity index is 0.000000461. The Labute approximate surface area is 87.6 Å². The highest BCUT2D eigenvalue weighted by atomic mass is 15.5. The number of hydrogen-bond acceptors (Lipinski definition) is 3. The Morgan fingerprint density at radius 1 is 1.29 bits per heavy atom. The number of piperidine rings is 1. The van der Waals surface area contributed by atoms with E-state index in [-0.39, 0.29) is 0 Å². The summed E-state index contributed by atoms with van der Waals surface area (Å²) in [6.07, 6.45) is 4.58. The average Bonchev–Trinajstić information content (AvgIpc) is 2.69. The van der Waals surface area contributed by atoms with E-state index in [1.54, 1.807) is 0 Å². The minimum absolute atomic E-state index is 0.653. The van der Waals surface area contributed by atoms with E-state index in [0.717, 1.165) is 19.6 Å². The Morgan fingerprint density at radius 3 is 2.43 bits per heavy atom. The summed E-state index contributed by atoms with van der Waals surface area (Å²) >= 11 is 0. The van der Waals surface area contributed by atoms with Crippen LogP contribution in [0.3, 0.4) is 0 Å². The normalized spacial score (nSPS) is 27.4. The van der Waals surface area contributed by atoms with Crippen molar-refractivity contribution < 1.29 is 0 Å². The molecule has 0 amide bonds. The number of hydrogen-bond donors (Lipinski definition) is 1. The van der Waals surface area contributed by atoms with Crippen LogP contribution in [0, 0.1) is 5.92 Å². The number of rotatable bonds is 1. The van der Waals surface area contributed by atoms with E-state index in [2.05, 4.69) is 28.6 Å². The van der Waals surface area contributed by atoms with Crippen molar-refractivity contribution >= 4 is 6.21 Å². The molecule has 0 aliphatic carbocycles. The van der Waals surface area contributed by atoms with E-state index in [9.17, 15) is 0 Å². The van der Waals surface area contributed by atoms with Gasteiger partial charge in [-0.25, -0.2) is 0 Å². The maximum absolute atomic E-state index is 4.42. The Hall–Kier alpha value is -0.570. The van der Waals surface area contributed by atoms with Gasteiger partial charge in [-0.2, -0.15) is 5.10 Å². The van der Waals surface area contributed by atoms with Crippen LogP contribution in [0.25, 0.3) is 0 Å². The number of nitrogens with zero attached hydrogens (tertiary/aromatic N) is 2. The standard InChI is InChI=1S/C9H17N3.C2H6/c1-8-6-11-12(7-8)9-2-4-10-5-3-9;1-2/h6,8-10H,2-5,7H2,1H3;1-2H3. The van der Waals surface area contributed by atoms with E-state index in [4.69, 9.17) is 0 Å². The zero-order valence-electron chi connectivity index (χ0n) is 9.66. The van der Waals surface area contributed by atoms with Crippen molar-refractivity contribution in [3.8, 4) is 0 Å². The van der Waals surface area contributed by atoms with Crippen molar-refractivity contribution in [3.63, 3.8) is 0 Å². The van der Waals surface area contributed by atoms with Gasteiger partial charge in [0, 0.05) is 24.7 Å². The van der Waals surface area contributed by atoms with Crippen LogP contribution in [0.1, 0.15) is 33.6 Å². The molecule has 0 aromatic carbocycles. The summed E-state index contributed by atoms with van der Waals surface area (Å²) in [5.74, 6) is 0.653. The van der Waals surface area contributed by atoms with Crippen LogP contribution in [0.5, 0.6) is 0 Å². The molecule has 3 heteroatoms. The van der Waals surface area contributed by atoms with Crippen LogP contribution < -0.4 is 5.32 Å². The summed E-state index contributed by atoms with van der Waals surface area (Å²) in [4.78, 5) is 0. The fraction of sp³-hybridized carbons (Fsp3) is 0.909. The van der Waals surface area contributed by atoms with Crippen molar-refractivity contribution in [2.45, 2.75) is 39.7 Å². The largest absolute Gasteiger partial charge is 0.317 e. The molecule has 2 aliphatic rings. The van der Waals surface area contributed by atoms with Gasteiger partial charge in [0.05, 0.1) is 0 Å². The van der Waals surface area contributed by atoms with Gasteiger partial charge < -0.3 is 5.32 Å². The van der Waals surface area contributed by atoms with Crippen molar-refractivity contribution in [1.29, 1.82) is 0 Å². The summed E-state index contributed by atoms with van der Waals surface area (Å²) in [5, 5.41) is 10.1. The molecule has 0 bridgehead atoms. The molecule has 0 aromatic rings. The molecule has 0 saturated carbocycles. The highest BCUT2D eigenvalue weighted by Crippen LogP contribution is 2.17. The first-order valence-corrected chi connectivity index (χ1v) is 5.88. The van der Waals surface area contributed by atoms with Crippen molar-refractivity contribution in [3.05, 3.63) is 0 Å². The molecule has 2 heterocycles. The molecule has 82 valence electrons. The molecule has 1 saturated heterocycles. The fourth-order valence-electron chi connectivity index (χ4n) is 1.94. The van der Waals surface area contributed by atoms with Gasteiger partial charge in [0.2, 0.25) is 0 Å². The van der Waals surface area contributed by atoms with Crippen LogP contribution >= 0.6 is 0 Å². The summed E-state index contributed by atoms with van der Waals surface area (Å²) in [6.45, 7) is 9.67. The predicted octanol–water partition coefficient (Wildman–Crippen LogP) is 1.70. The van der Waals surface area contributed by atoms with Gasteiger partial charge in [-0.1, -0.05) is 20.8 Å². The summed E-state index contributed by atoms with van der Waals surface area (Å²) in [5.41, 5.74) is 0. The Bertz CT molecular complexity index is 173. The van der Waals surface area contributed by atoms with Gasteiger partial charge in [0.15, 0.2) is 0 Å². The van der Waals surface area contributed by atoms with Gasteiger partial charge in [-0.05, 0) is 25.9 Å². The maximum atomic E-state index is 4.42. The minimum Gasteiger partial charge on any atom is -0.317 e. The van der Waals surface area contributed by atoms with Crippen LogP contribution in [0.15, 0.2) is 5.10 Å². The topological polar surface area (TPSA) is 27.6 Å². The van der Waals surface area contributed by atoms with Crippen molar-refractivity contribution in [2.75, 3.05) is 19.6 Å². The predicted molar refractivity (Wildman–Crippen MR) is 61.6 cm³/mol. The van der Waals surface area contributed by atoms with Crippen LogP contribution in [0.2, 0.25) is 0 Å². The molecule has 1 unspecified atom stereocenters. The Morgan fingerprint density at radius 2 is 1.93 bits per heavy atom. The van der Waals surface area contributed by atoms with Crippen molar-refractivity contribution in [2.24, 2.45) is 11.0 Å². The zero-order valence-corrected chi connectivity index (χ0v) is 9.66. The summed E-state index contributed by atoms with van der Waals surface area (Å²) in [7, 11) is 0. The molecule has 14 heavy (non-hydrogen) atoms. The SMILES string of the molecule is CC.CC1C=NN(C2CCNCC2)C1. The first-order valence-electron chi connectivity index (χ1n) is 5.88. The van der Waals surface area contributed by atoms with Gasteiger partial charge >= 0.3 is 0 Å². The third kappa shape index (κ3) is 2.98. The molecule has 3 nitrogen and oxygen atoms in total. The lowest BCUT2D eigenvalue weighted by Crippen LogP contribution is -2.40. The van der Waals surface area contributed by atoms with Crippen LogP contribution in [-0.4, -0.2) is 36.9 Å². The summed E-state index contributed by atoms with van der Waals surface area (Å²) in [6, 6.07) is 0.701. The maximum Gasteiger partial charge on any atom is 0.0495 e. The lowest BCUT2D eigenvalue weighted by molar-refractivity contribution is 0.176. The van der Waals surface area contributed by atoms with Crippen LogP contribution in [-0.2, 0) is 0 Å². The molecular formula is C11H23N3. The number of nitrogens with one attached hydrogen (secondary N) is 1. The van der Waals surface area contributed by atoms with Crippen LogP contribution in [0.4, 0.5) is 0 Å². The quantitative estimate of drug-likeness (QED) is 0.693. The number of hydrazone groups is 1. The third-order valence-electron chi connectivity index (χ3n) is 2.67. The lowest BCUT2D eigenvalue weighted by atomic mass is 10.1. The second-order valence-corrected chi connectivity index (χ2v) is 3.85. The highest BCUT2D eigenvalue weighted by Gasteiger charge is 2.23. The molecule has 1 N–H and O–H groups in total. The van der Waals surface area contributed by atoms with Gasteiger partial charge in [0.1, 0.15) is 0 Å². The monoisotopic (exact) mass is 197 g/mol. The van der Waals surface area contributed by atoms with Gasteiger partial charge in [0.25, 0.3) is 0 Å². The second-order valence-electron chi connectivity index (χ2n) is 3.85. The third-order valence-corrected chi connectivity index (χ3v) is 2.67. The minimum atomic E-state index is 0.653. The molecule has 2 aliphatic heterocycles. The second kappa shape index (κ2) is 6.02. The molecule has 0 aromatic heterocycles. The first kappa shape index (κ1) is 11.5. The zero-order chi connectivity index (χ0) is 10.4. The highest BCUT2D eigenvalue weighted by molar-refractivity contribution is 5.61. The van der Waals surface area contributed by atoms with E-state index in [0.29, 0.717) is 12.0 Å². The fourth-order valence-corrected chi connectivity index (χ4v) is 1.94. The molecule has 2 rings (SSSR count).